The van der Waals surface area contributed by atoms with Crippen molar-refractivity contribution in [3.63, 3.8) is 0 Å². The van der Waals surface area contributed by atoms with Crippen LogP contribution in [0.4, 0.5) is 23.1 Å². The molecule has 34 heavy (non-hydrogen) atoms. The Morgan fingerprint density at radius 3 is 2.44 bits per heavy atom. The topological polar surface area (TPSA) is 101 Å². The number of aliphatic imine (C=N–C) groups is 1. The second-order valence-electron chi connectivity index (χ2n) is 7.56. The molecule has 180 valence electrons. The number of anilines is 3. The van der Waals surface area contributed by atoms with Crippen molar-refractivity contribution in [2.45, 2.75) is 27.3 Å². The standard InChI is InChI=1S/C24H29Cl2N7O/c1-5-33(6-2)14-16-12-17(8-10-21(16)34-4)29-22-11-15(3)28-24(31-22)32-23(27)30-18-7-9-19(25)20(26)13-18/h7-13H,5-6,14H2,1-4H3,(H4,27,28,29,30,31,32). The highest BCUT2D eigenvalue weighted by molar-refractivity contribution is 6.42. The molecule has 0 atom stereocenters. The van der Waals surface area contributed by atoms with Crippen LogP contribution in [0.2, 0.25) is 10.0 Å². The molecule has 0 aliphatic carbocycles. The lowest BCUT2D eigenvalue weighted by Gasteiger charge is -2.20. The average molecular weight is 502 g/mol. The Morgan fingerprint density at radius 1 is 1.03 bits per heavy atom. The maximum absolute atomic E-state index is 6.05. The number of nitrogens with zero attached hydrogens (tertiary/aromatic N) is 4. The molecular weight excluding hydrogens is 473 g/mol. The van der Waals surface area contributed by atoms with E-state index in [4.69, 9.17) is 33.7 Å². The molecule has 3 aromatic rings. The van der Waals surface area contributed by atoms with Crippen LogP contribution in [0.5, 0.6) is 5.75 Å². The molecule has 0 saturated heterocycles. The van der Waals surface area contributed by atoms with Gasteiger partial charge < -0.3 is 21.1 Å². The van der Waals surface area contributed by atoms with E-state index in [1.54, 1.807) is 25.3 Å². The number of aryl methyl sites for hydroxylation is 1. The largest absolute Gasteiger partial charge is 0.496 e. The summed E-state index contributed by atoms with van der Waals surface area (Å²) in [4.78, 5) is 15.5. The van der Waals surface area contributed by atoms with Gasteiger partial charge in [-0.15, -0.1) is 0 Å². The first-order chi connectivity index (χ1) is 16.3. The number of hydrogen-bond donors (Lipinski definition) is 3. The zero-order valence-electron chi connectivity index (χ0n) is 19.7. The van der Waals surface area contributed by atoms with E-state index in [0.29, 0.717) is 21.6 Å². The minimum Gasteiger partial charge on any atom is -0.496 e. The summed E-state index contributed by atoms with van der Waals surface area (Å²) in [5.74, 6) is 1.81. The fourth-order valence-corrected chi connectivity index (χ4v) is 3.64. The van der Waals surface area contributed by atoms with E-state index in [0.717, 1.165) is 42.3 Å². The fraction of sp³-hybridized carbons (Fsp3) is 0.292. The highest BCUT2D eigenvalue weighted by Gasteiger charge is 2.10. The first kappa shape index (κ1) is 25.6. The number of nitrogens with two attached hydrogens (primary N) is 1. The molecule has 4 N–H and O–H groups in total. The van der Waals surface area contributed by atoms with Crippen LogP contribution < -0.4 is 21.1 Å². The number of rotatable bonds is 9. The number of ether oxygens (including phenoxy) is 1. The van der Waals surface area contributed by atoms with Crippen molar-refractivity contribution in [1.29, 1.82) is 0 Å². The molecule has 0 bridgehead atoms. The zero-order valence-corrected chi connectivity index (χ0v) is 21.2. The van der Waals surface area contributed by atoms with Crippen LogP contribution in [0.25, 0.3) is 0 Å². The van der Waals surface area contributed by atoms with Crippen LogP contribution in [0.1, 0.15) is 25.1 Å². The molecule has 10 heteroatoms. The number of hydrogen-bond acceptors (Lipinski definition) is 6. The van der Waals surface area contributed by atoms with Crippen molar-refractivity contribution in [3.05, 3.63) is 63.8 Å². The van der Waals surface area contributed by atoms with Gasteiger partial charge in [-0.2, -0.15) is 9.98 Å². The molecule has 0 saturated carbocycles. The quantitative estimate of drug-likeness (QED) is 0.253. The van der Waals surface area contributed by atoms with E-state index in [9.17, 15) is 0 Å². The number of nitrogens with one attached hydrogen (secondary N) is 2. The van der Waals surface area contributed by atoms with Crippen molar-refractivity contribution < 1.29 is 4.74 Å². The Balaban J connectivity index is 1.80. The van der Waals surface area contributed by atoms with Gasteiger partial charge in [0.25, 0.3) is 5.95 Å². The van der Waals surface area contributed by atoms with Gasteiger partial charge in [-0.1, -0.05) is 37.0 Å². The number of guanidine groups is 1. The van der Waals surface area contributed by atoms with Gasteiger partial charge in [-0.25, -0.2) is 4.98 Å². The average Bonchev–Trinajstić information content (AvgIpc) is 2.79. The molecule has 0 aliphatic heterocycles. The van der Waals surface area contributed by atoms with Crippen molar-refractivity contribution in [1.82, 2.24) is 14.9 Å². The summed E-state index contributed by atoms with van der Waals surface area (Å²) < 4.78 is 5.55. The van der Waals surface area contributed by atoms with Crippen molar-refractivity contribution >= 4 is 52.3 Å². The molecule has 8 nitrogen and oxygen atoms in total. The van der Waals surface area contributed by atoms with E-state index >= 15 is 0 Å². The summed E-state index contributed by atoms with van der Waals surface area (Å²) in [5, 5.41) is 7.17. The summed E-state index contributed by atoms with van der Waals surface area (Å²) in [6.07, 6.45) is 0. The molecule has 2 aromatic carbocycles. The molecule has 1 aromatic heterocycles. The number of halogens is 2. The van der Waals surface area contributed by atoms with Gasteiger partial charge in [-0.3, -0.25) is 4.90 Å². The Bertz CT molecular complexity index is 1170. The van der Waals surface area contributed by atoms with Gasteiger partial charge in [0.2, 0.25) is 5.96 Å². The third-order valence-corrected chi connectivity index (χ3v) is 5.84. The maximum Gasteiger partial charge on any atom is 0.254 e. The van der Waals surface area contributed by atoms with E-state index in [2.05, 4.69) is 50.4 Å². The molecule has 0 amide bonds. The predicted octanol–water partition coefficient (Wildman–Crippen LogP) is 5.74. The second-order valence-corrected chi connectivity index (χ2v) is 8.37. The number of aromatic nitrogens is 2. The first-order valence-corrected chi connectivity index (χ1v) is 11.6. The van der Waals surface area contributed by atoms with E-state index in [1.165, 1.54) is 0 Å². The summed E-state index contributed by atoms with van der Waals surface area (Å²) in [7, 11) is 1.68. The molecule has 0 unspecified atom stereocenters. The lowest BCUT2D eigenvalue weighted by atomic mass is 10.1. The number of benzene rings is 2. The van der Waals surface area contributed by atoms with Gasteiger partial charge in [0.15, 0.2) is 0 Å². The van der Waals surface area contributed by atoms with Gasteiger partial charge in [-0.05, 0) is 56.4 Å². The first-order valence-electron chi connectivity index (χ1n) is 10.9. The second kappa shape index (κ2) is 11.9. The van der Waals surface area contributed by atoms with Gasteiger partial charge in [0, 0.05) is 35.2 Å². The van der Waals surface area contributed by atoms with E-state index in [1.807, 2.05) is 25.1 Å². The van der Waals surface area contributed by atoms with Crippen LogP contribution >= 0.6 is 23.2 Å². The van der Waals surface area contributed by atoms with Gasteiger partial charge >= 0.3 is 0 Å². The van der Waals surface area contributed by atoms with Crippen molar-refractivity contribution in [2.24, 2.45) is 10.7 Å². The van der Waals surface area contributed by atoms with Gasteiger partial charge in [0.1, 0.15) is 11.6 Å². The zero-order chi connectivity index (χ0) is 24.7. The summed E-state index contributed by atoms with van der Waals surface area (Å²) >= 11 is 12.0. The molecule has 0 spiro atoms. The molecule has 1 heterocycles. The normalized spacial score (nSPS) is 11.6. The van der Waals surface area contributed by atoms with Crippen LogP contribution in [-0.2, 0) is 6.54 Å². The maximum atomic E-state index is 6.05. The minimum atomic E-state index is 0.126. The van der Waals surface area contributed by atoms with Crippen LogP contribution in [0.15, 0.2) is 47.5 Å². The third-order valence-electron chi connectivity index (χ3n) is 5.10. The molecule has 3 rings (SSSR count). The lowest BCUT2D eigenvalue weighted by molar-refractivity contribution is 0.289. The van der Waals surface area contributed by atoms with E-state index in [-0.39, 0.29) is 11.9 Å². The Kier molecular flexibility index (Phi) is 8.92. The highest BCUT2D eigenvalue weighted by Crippen LogP contribution is 2.27. The van der Waals surface area contributed by atoms with Crippen molar-refractivity contribution in [3.8, 4) is 5.75 Å². The molecule has 0 fully saturated rings. The Morgan fingerprint density at radius 2 is 1.76 bits per heavy atom. The summed E-state index contributed by atoms with van der Waals surface area (Å²) in [6, 6.07) is 12.9. The predicted molar refractivity (Wildman–Crippen MR) is 141 cm³/mol. The SMILES string of the molecule is CCN(CC)Cc1cc(Nc2cc(C)nc(/N=C(\N)Nc3ccc(Cl)c(Cl)c3)n2)ccc1OC. The van der Waals surface area contributed by atoms with E-state index < -0.39 is 0 Å². The smallest absolute Gasteiger partial charge is 0.254 e. The van der Waals surface area contributed by atoms with Crippen LogP contribution in [0.3, 0.4) is 0 Å². The van der Waals surface area contributed by atoms with Crippen molar-refractivity contribution in [2.75, 3.05) is 30.8 Å². The molecule has 0 aliphatic rings. The van der Waals surface area contributed by atoms with Crippen LogP contribution in [-0.4, -0.2) is 41.0 Å². The molecular formula is C24H29Cl2N7O. The fourth-order valence-electron chi connectivity index (χ4n) is 3.34. The summed E-state index contributed by atoms with van der Waals surface area (Å²) in [6.45, 7) is 8.87. The highest BCUT2D eigenvalue weighted by atomic mass is 35.5. The monoisotopic (exact) mass is 501 g/mol. The van der Waals surface area contributed by atoms with Crippen LogP contribution in [0, 0.1) is 6.92 Å². The Hall–Kier alpha value is -3.07. The summed E-state index contributed by atoms with van der Waals surface area (Å²) in [5.41, 5.74) is 9.43. The minimum absolute atomic E-state index is 0.126. The lowest BCUT2D eigenvalue weighted by Crippen LogP contribution is -2.22. The molecule has 0 radical (unpaired) electrons. The third kappa shape index (κ3) is 6.96. The van der Waals surface area contributed by atoms with Gasteiger partial charge in [0.05, 0.1) is 17.2 Å². The Labute approximate surface area is 210 Å². The number of methoxy groups -OCH3 is 1.